The summed E-state index contributed by atoms with van der Waals surface area (Å²) in [6.45, 7) is 9.09. The summed E-state index contributed by atoms with van der Waals surface area (Å²) in [5.74, 6) is 1.45. The minimum Gasteiger partial charge on any atom is -0.0651 e. The minimum absolute atomic E-state index is 0.645. The summed E-state index contributed by atoms with van der Waals surface area (Å²) in [4.78, 5) is 0. The molecule has 0 spiro atoms. The molecule has 0 N–H and O–H groups in total. The molecule has 0 heteroatoms. The van der Waals surface area contributed by atoms with Crippen molar-refractivity contribution in [3.63, 3.8) is 0 Å². The summed E-state index contributed by atoms with van der Waals surface area (Å²) in [6, 6.07) is 9.02. The lowest BCUT2D eigenvalue weighted by atomic mass is 9.95. The van der Waals surface area contributed by atoms with Gasteiger partial charge in [0.1, 0.15) is 0 Å². The largest absolute Gasteiger partial charge is 0.0651 e. The van der Waals surface area contributed by atoms with Gasteiger partial charge in [0.2, 0.25) is 0 Å². The fraction of sp³-hybridized carbons (Fsp3) is 0.571. The van der Waals surface area contributed by atoms with Crippen LogP contribution in [0.2, 0.25) is 0 Å². The van der Waals surface area contributed by atoms with Gasteiger partial charge in [0.15, 0.2) is 0 Å². The molecule has 1 atom stereocenters. The molecular weight excluding hydrogens is 168 g/mol. The van der Waals surface area contributed by atoms with Crippen molar-refractivity contribution in [2.45, 2.75) is 46.5 Å². The van der Waals surface area contributed by atoms with Gasteiger partial charge in [0.25, 0.3) is 0 Å². The van der Waals surface area contributed by atoms with Crippen molar-refractivity contribution in [3.05, 3.63) is 35.4 Å². The molecule has 0 aliphatic carbocycles. The van der Waals surface area contributed by atoms with Crippen LogP contribution in [-0.4, -0.2) is 0 Å². The lowest BCUT2D eigenvalue weighted by Gasteiger charge is -2.11. The molecule has 14 heavy (non-hydrogen) atoms. The zero-order valence-corrected chi connectivity index (χ0v) is 9.88. The normalized spacial score (nSPS) is 13.2. The van der Waals surface area contributed by atoms with E-state index in [9.17, 15) is 0 Å². The molecule has 1 rings (SSSR count). The van der Waals surface area contributed by atoms with Crippen LogP contribution < -0.4 is 0 Å². The van der Waals surface area contributed by atoms with E-state index in [-0.39, 0.29) is 0 Å². The predicted octanol–water partition coefficient (Wildman–Crippen LogP) is 4.40. The second-order valence-corrected chi connectivity index (χ2v) is 4.62. The maximum atomic E-state index is 2.36. The third-order valence-corrected chi connectivity index (χ3v) is 2.90. The molecule has 0 saturated heterocycles. The van der Waals surface area contributed by atoms with Gasteiger partial charge in [-0.15, -0.1) is 0 Å². The molecule has 0 aromatic heterocycles. The quantitative estimate of drug-likeness (QED) is 0.660. The van der Waals surface area contributed by atoms with Crippen LogP contribution >= 0.6 is 0 Å². The summed E-state index contributed by atoms with van der Waals surface area (Å²) in [5, 5.41) is 0. The van der Waals surface area contributed by atoms with Gasteiger partial charge >= 0.3 is 0 Å². The van der Waals surface area contributed by atoms with Crippen LogP contribution in [0.3, 0.4) is 0 Å². The first kappa shape index (κ1) is 11.3. The Kier molecular flexibility index (Phi) is 4.19. The number of benzene rings is 1. The first-order chi connectivity index (χ1) is 6.63. The van der Waals surface area contributed by atoms with E-state index in [0.717, 1.165) is 5.92 Å². The highest BCUT2D eigenvalue weighted by atomic mass is 14.1. The molecule has 78 valence electrons. The molecule has 1 unspecified atom stereocenters. The van der Waals surface area contributed by atoms with Crippen LogP contribution in [0, 0.1) is 5.92 Å². The van der Waals surface area contributed by atoms with Crippen molar-refractivity contribution in [2.75, 3.05) is 0 Å². The summed E-state index contributed by atoms with van der Waals surface area (Å²) in [5.41, 5.74) is 2.95. The van der Waals surface area contributed by atoms with E-state index in [1.807, 2.05) is 0 Å². The minimum atomic E-state index is 0.645. The Morgan fingerprint density at radius 1 is 1.14 bits per heavy atom. The van der Waals surface area contributed by atoms with Gasteiger partial charge in [0.05, 0.1) is 0 Å². The predicted molar refractivity (Wildman–Crippen MR) is 63.7 cm³/mol. The first-order valence-corrected chi connectivity index (χ1v) is 5.72. The Bertz CT molecular complexity index is 273. The molecule has 0 fully saturated rings. The average molecular weight is 190 g/mol. The topological polar surface area (TPSA) is 0 Å². The third kappa shape index (κ3) is 3.17. The van der Waals surface area contributed by atoms with Crippen LogP contribution in [0.15, 0.2) is 24.3 Å². The lowest BCUT2D eigenvalue weighted by Crippen LogP contribution is -1.98. The van der Waals surface area contributed by atoms with Crippen LogP contribution in [-0.2, 0) is 6.42 Å². The van der Waals surface area contributed by atoms with E-state index in [4.69, 9.17) is 0 Å². The van der Waals surface area contributed by atoms with Crippen molar-refractivity contribution < 1.29 is 0 Å². The van der Waals surface area contributed by atoms with E-state index in [1.54, 1.807) is 0 Å². The third-order valence-electron chi connectivity index (χ3n) is 2.90. The highest BCUT2D eigenvalue weighted by Gasteiger charge is 2.03. The zero-order valence-electron chi connectivity index (χ0n) is 9.88. The van der Waals surface area contributed by atoms with Gasteiger partial charge in [-0.3, -0.25) is 0 Å². The van der Waals surface area contributed by atoms with E-state index in [2.05, 4.69) is 52.0 Å². The van der Waals surface area contributed by atoms with Gasteiger partial charge in [0, 0.05) is 0 Å². The summed E-state index contributed by atoms with van der Waals surface area (Å²) < 4.78 is 0. The summed E-state index contributed by atoms with van der Waals surface area (Å²) in [7, 11) is 0. The Labute approximate surface area is 88.4 Å². The van der Waals surface area contributed by atoms with Gasteiger partial charge in [-0.1, -0.05) is 58.4 Å². The maximum absolute atomic E-state index is 2.36. The van der Waals surface area contributed by atoms with Gasteiger partial charge in [-0.2, -0.15) is 0 Å². The van der Waals surface area contributed by atoms with Crippen LogP contribution in [0.1, 0.15) is 51.2 Å². The van der Waals surface area contributed by atoms with E-state index >= 15 is 0 Å². The average Bonchev–Trinajstić information content (AvgIpc) is 2.18. The Hall–Kier alpha value is -0.780. The summed E-state index contributed by atoms with van der Waals surface area (Å²) in [6.07, 6.45) is 2.49. The standard InChI is InChI=1S/C14H22/c1-5-12(4)9-13-7-6-8-14(10-13)11(2)3/h6-8,10-12H,5,9H2,1-4H3. The smallest absolute Gasteiger partial charge is 0.0219 e. The number of rotatable bonds is 4. The Morgan fingerprint density at radius 3 is 2.43 bits per heavy atom. The Balaban J connectivity index is 2.73. The van der Waals surface area contributed by atoms with Crippen molar-refractivity contribution in [1.82, 2.24) is 0 Å². The van der Waals surface area contributed by atoms with Crippen LogP contribution in [0.4, 0.5) is 0 Å². The highest BCUT2D eigenvalue weighted by molar-refractivity contribution is 5.25. The van der Waals surface area contributed by atoms with Gasteiger partial charge in [-0.05, 0) is 29.4 Å². The van der Waals surface area contributed by atoms with Crippen molar-refractivity contribution in [3.8, 4) is 0 Å². The molecule has 0 aliphatic heterocycles. The molecule has 1 aromatic carbocycles. The highest BCUT2D eigenvalue weighted by Crippen LogP contribution is 2.18. The number of hydrogen-bond donors (Lipinski definition) is 0. The fourth-order valence-electron chi connectivity index (χ4n) is 1.63. The molecular formula is C14H22. The first-order valence-electron chi connectivity index (χ1n) is 5.72. The second kappa shape index (κ2) is 5.19. The molecule has 0 radical (unpaired) electrons. The number of hydrogen-bond acceptors (Lipinski definition) is 0. The molecule has 1 aromatic rings. The Morgan fingerprint density at radius 2 is 1.86 bits per heavy atom. The van der Waals surface area contributed by atoms with E-state index in [0.29, 0.717) is 5.92 Å². The fourth-order valence-corrected chi connectivity index (χ4v) is 1.63. The monoisotopic (exact) mass is 190 g/mol. The molecule has 0 bridgehead atoms. The van der Waals surface area contributed by atoms with Crippen molar-refractivity contribution >= 4 is 0 Å². The van der Waals surface area contributed by atoms with Gasteiger partial charge < -0.3 is 0 Å². The lowest BCUT2D eigenvalue weighted by molar-refractivity contribution is 0.560. The summed E-state index contributed by atoms with van der Waals surface area (Å²) >= 11 is 0. The van der Waals surface area contributed by atoms with Gasteiger partial charge in [-0.25, -0.2) is 0 Å². The maximum Gasteiger partial charge on any atom is -0.0219 e. The molecule has 0 aliphatic rings. The van der Waals surface area contributed by atoms with E-state index in [1.165, 1.54) is 24.0 Å². The van der Waals surface area contributed by atoms with Crippen molar-refractivity contribution in [1.29, 1.82) is 0 Å². The van der Waals surface area contributed by atoms with Crippen LogP contribution in [0.25, 0.3) is 0 Å². The van der Waals surface area contributed by atoms with Crippen molar-refractivity contribution in [2.24, 2.45) is 5.92 Å². The molecule has 0 heterocycles. The molecule has 0 nitrogen and oxygen atoms in total. The second-order valence-electron chi connectivity index (χ2n) is 4.62. The molecule has 0 saturated carbocycles. The SMILES string of the molecule is CCC(C)Cc1cccc(C(C)C)c1. The van der Waals surface area contributed by atoms with E-state index < -0.39 is 0 Å². The zero-order chi connectivity index (χ0) is 10.6. The van der Waals surface area contributed by atoms with Crippen LogP contribution in [0.5, 0.6) is 0 Å². The molecule has 0 amide bonds.